The van der Waals surface area contributed by atoms with Gasteiger partial charge in [0, 0.05) is 18.0 Å². The van der Waals surface area contributed by atoms with Gasteiger partial charge in [-0.3, -0.25) is 4.72 Å². The highest BCUT2D eigenvalue weighted by Crippen LogP contribution is 2.35. The zero-order valence-corrected chi connectivity index (χ0v) is 11.5. The molecule has 0 fully saturated rings. The number of nitriles is 1. The molecule has 2 rings (SSSR count). The van der Waals surface area contributed by atoms with Crippen LogP contribution in [0.5, 0.6) is 0 Å². The lowest BCUT2D eigenvalue weighted by Gasteiger charge is -2.11. The van der Waals surface area contributed by atoms with Gasteiger partial charge in [-0.2, -0.15) is 18.4 Å². The van der Waals surface area contributed by atoms with Gasteiger partial charge in [0.2, 0.25) is 0 Å². The van der Waals surface area contributed by atoms with Crippen molar-refractivity contribution >= 4 is 26.5 Å². The van der Waals surface area contributed by atoms with E-state index < -0.39 is 10.2 Å². The normalized spacial score (nSPS) is 14.9. The van der Waals surface area contributed by atoms with Crippen molar-refractivity contribution in [3.63, 3.8) is 0 Å². The molecule has 2 heterocycles. The number of thiophene rings is 1. The predicted octanol–water partition coefficient (Wildman–Crippen LogP) is 0.532. The van der Waals surface area contributed by atoms with E-state index >= 15 is 0 Å². The number of anilines is 1. The summed E-state index contributed by atoms with van der Waals surface area (Å²) in [6, 6.07) is 2.10. The van der Waals surface area contributed by atoms with Crippen LogP contribution in [0.15, 0.2) is 0 Å². The molecule has 0 aliphatic carbocycles. The molecule has 0 saturated heterocycles. The van der Waals surface area contributed by atoms with E-state index in [1.807, 2.05) is 0 Å². The number of hydrogen-bond acceptors (Lipinski definition) is 5. The molecule has 0 bridgehead atoms. The first-order valence-corrected chi connectivity index (χ1v) is 7.90. The van der Waals surface area contributed by atoms with Gasteiger partial charge in [-0.1, -0.05) is 6.92 Å². The second-order valence-electron chi connectivity index (χ2n) is 3.85. The van der Waals surface area contributed by atoms with Crippen LogP contribution in [-0.2, 0) is 23.2 Å². The van der Waals surface area contributed by atoms with E-state index in [1.54, 1.807) is 6.92 Å². The molecule has 0 atom stereocenters. The Balaban J connectivity index is 2.35. The molecule has 6 nitrogen and oxygen atoms in total. The van der Waals surface area contributed by atoms with E-state index in [9.17, 15) is 13.7 Å². The third-order valence-corrected chi connectivity index (χ3v) is 5.02. The lowest BCUT2D eigenvalue weighted by Crippen LogP contribution is -2.29. The molecule has 1 aromatic heterocycles. The maximum Gasteiger partial charge on any atom is 0.299 e. The van der Waals surface area contributed by atoms with Crippen molar-refractivity contribution in [1.82, 2.24) is 10.0 Å². The standard InChI is InChI=1S/C10H14N4O2S2/c1-2-13-18(15,16)14-10-8(5-11)7-3-4-12-6-9(7)17-10/h12-14H,2-4,6H2,1H3. The number of fused-ring (bicyclic) bond motifs is 1. The molecule has 18 heavy (non-hydrogen) atoms. The first-order valence-electron chi connectivity index (χ1n) is 5.60. The van der Waals surface area contributed by atoms with Crippen molar-refractivity contribution in [2.24, 2.45) is 0 Å². The Kier molecular flexibility index (Phi) is 3.87. The molecule has 0 amide bonds. The SMILES string of the molecule is CCNS(=O)(=O)Nc1sc2c(c1C#N)CCNC2. The fourth-order valence-corrected chi connectivity index (χ4v) is 4.19. The minimum atomic E-state index is -3.58. The molecule has 98 valence electrons. The Bertz CT molecular complexity index is 586. The largest absolute Gasteiger partial charge is 0.312 e. The van der Waals surface area contributed by atoms with Gasteiger partial charge in [0.05, 0.1) is 5.56 Å². The van der Waals surface area contributed by atoms with Gasteiger partial charge >= 0.3 is 0 Å². The van der Waals surface area contributed by atoms with Crippen LogP contribution in [0.1, 0.15) is 22.9 Å². The Morgan fingerprint density at radius 2 is 2.33 bits per heavy atom. The summed E-state index contributed by atoms with van der Waals surface area (Å²) in [6.45, 7) is 3.52. The Morgan fingerprint density at radius 3 is 3.00 bits per heavy atom. The van der Waals surface area contributed by atoms with E-state index in [1.165, 1.54) is 11.3 Å². The van der Waals surface area contributed by atoms with Crippen LogP contribution in [0.2, 0.25) is 0 Å². The topological polar surface area (TPSA) is 94.0 Å². The highest BCUT2D eigenvalue weighted by Gasteiger charge is 2.22. The molecule has 0 radical (unpaired) electrons. The van der Waals surface area contributed by atoms with Crippen LogP contribution in [0.3, 0.4) is 0 Å². The number of rotatable bonds is 4. The summed E-state index contributed by atoms with van der Waals surface area (Å²) in [7, 11) is -3.58. The van der Waals surface area contributed by atoms with Crippen molar-refractivity contribution in [3.8, 4) is 6.07 Å². The second kappa shape index (κ2) is 5.24. The number of nitrogens with one attached hydrogen (secondary N) is 3. The van der Waals surface area contributed by atoms with Gasteiger partial charge in [0.15, 0.2) is 0 Å². The fourth-order valence-electron chi connectivity index (χ4n) is 1.87. The Labute approximate surface area is 110 Å². The molecule has 3 N–H and O–H groups in total. The van der Waals surface area contributed by atoms with Crippen LogP contribution in [0.4, 0.5) is 5.00 Å². The van der Waals surface area contributed by atoms with E-state index in [0.717, 1.165) is 23.4 Å². The van der Waals surface area contributed by atoms with E-state index in [-0.39, 0.29) is 0 Å². The van der Waals surface area contributed by atoms with E-state index in [2.05, 4.69) is 20.8 Å². The summed E-state index contributed by atoms with van der Waals surface area (Å²) in [5.74, 6) is 0. The van der Waals surface area contributed by atoms with Crippen LogP contribution >= 0.6 is 11.3 Å². The lowest BCUT2D eigenvalue weighted by molar-refractivity contribution is 0.589. The average molecular weight is 286 g/mol. The van der Waals surface area contributed by atoms with Crippen molar-refractivity contribution < 1.29 is 8.42 Å². The zero-order chi connectivity index (χ0) is 13.2. The van der Waals surface area contributed by atoms with Crippen LogP contribution in [0, 0.1) is 11.3 Å². The van der Waals surface area contributed by atoms with Gasteiger partial charge < -0.3 is 5.32 Å². The molecular formula is C10H14N4O2S2. The molecule has 0 unspecified atom stereocenters. The van der Waals surface area contributed by atoms with Gasteiger partial charge in [-0.05, 0) is 18.5 Å². The highest BCUT2D eigenvalue weighted by molar-refractivity contribution is 7.91. The average Bonchev–Trinajstić information content (AvgIpc) is 2.64. The summed E-state index contributed by atoms with van der Waals surface area (Å²) in [4.78, 5) is 1.03. The van der Waals surface area contributed by atoms with Gasteiger partial charge in [0.25, 0.3) is 10.2 Å². The van der Waals surface area contributed by atoms with Crippen molar-refractivity contribution in [1.29, 1.82) is 5.26 Å². The Hall–Kier alpha value is -1.14. The second-order valence-corrected chi connectivity index (χ2v) is 6.45. The molecule has 1 aliphatic heterocycles. The first kappa shape index (κ1) is 13.3. The van der Waals surface area contributed by atoms with Crippen LogP contribution in [0.25, 0.3) is 0 Å². The highest BCUT2D eigenvalue weighted by atomic mass is 32.2. The van der Waals surface area contributed by atoms with Crippen LogP contribution < -0.4 is 14.8 Å². The number of hydrogen-bond donors (Lipinski definition) is 3. The maximum atomic E-state index is 11.6. The Morgan fingerprint density at radius 1 is 1.56 bits per heavy atom. The predicted molar refractivity (Wildman–Crippen MR) is 70.7 cm³/mol. The lowest BCUT2D eigenvalue weighted by atomic mass is 10.1. The van der Waals surface area contributed by atoms with Gasteiger partial charge in [0.1, 0.15) is 11.1 Å². The van der Waals surface area contributed by atoms with Gasteiger partial charge in [-0.15, -0.1) is 11.3 Å². The molecular weight excluding hydrogens is 272 g/mol. The summed E-state index contributed by atoms with van der Waals surface area (Å²) in [5, 5.41) is 12.8. The third-order valence-electron chi connectivity index (χ3n) is 2.60. The van der Waals surface area contributed by atoms with Crippen molar-refractivity contribution in [2.45, 2.75) is 19.9 Å². The van der Waals surface area contributed by atoms with Gasteiger partial charge in [-0.25, -0.2) is 0 Å². The van der Waals surface area contributed by atoms with Crippen molar-refractivity contribution in [2.75, 3.05) is 17.8 Å². The molecule has 0 aromatic carbocycles. The molecule has 8 heteroatoms. The molecule has 1 aliphatic rings. The van der Waals surface area contributed by atoms with Crippen molar-refractivity contribution in [3.05, 3.63) is 16.0 Å². The third kappa shape index (κ3) is 2.64. The molecule has 0 saturated carbocycles. The van der Waals surface area contributed by atoms with E-state index in [4.69, 9.17) is 0 Å². The maximum absolute atomic E-state index is 11.6. The molecule has 1 aromatic rings. The van der Waals surface area contributed by atoms with Crippen LogP contribution in [-0.4, -0.2) is 21.5 Å². The van der Waals surface area contributed by atoms with E-state index in [0.29, 0.717) is 23.7 Å². The quantitative estimate of drug-likeness (QED) is 0.752. The zero-order valence-electron chi connectivity index (χ0n) is 9.91. The first-order chi connectivity index (χ1) is 8.57. The minimum Gasteiger partial charge on any atom is -0.312 e. The summed E-state index contributed by atoms with van der Waals surface area (Å²) in [6.07, 6.45) is 0.762. The summed E-state index contributed by atoms with van der Waals surface area (Å²) in [5.41, 5.74) is 1.42. The monoisotopic (exact) mass is 286 g/mol. The minimum absolute atomic E-state index is 0.309. The number of nitrogens with zero attached hydrogens (tertiary/aromatic N) is 1. The molecule has 0 spiro atoms. The summed E-state index contributed by atoms with van der Waals surface area (Å²) < 4.78 is 28.1. The fraction of sp³-hybridized carbons (Fsp3) is 0.500. The smallest absolute Gasteiger partial charge is 0.299 e. The summed E-state index contributed by atoms with van der Waals surface area (Å²) >= 11 is 1.32.